The van der Waals surface area contributed by atoms with Gasteiger partial charge in [-0.15, -0.1) is 0 Å². The highest BCUT2D eigenvalue weighted by molar-refractivity contribution is 5.79. The number of para-hydroxylation sites is 2. The number of carboxylic acid groups (broad SMARTS) is 1. The van der Waals surface area contributed by atoms with Gasteiger partial charge in [-0.25, -0.2) is 4.98 Å². The molecule has 0 bridgehead atoms. The third-order valence-electron chi connectivity index (χ3n) is 4.14. The average Bonchev–Trinajstić information content (AvgIpc) is 2.77. The molecule has 0 saturated carbocycles. The zero-order valence-corrected chi connectivity index (χ0v) is 11.9. The monoisotopic (exact) mass is 308 g/mol. The van der Waals surface area contributed by atoms with Crippen molar-refractivity contribution in [2.75, 3.05) is 0 Å². The van der Waals surface area contributed by atoms with Crippen molar-refractivity contribution in [3.8, 4) is 5.69 Å². The van der Waals surface area contributed by atoms with Gasteiger partial charge in [0.15, 0.2) is 11.4 Å². The maximum absolute atomic E-state index is 12.8. The van der Waals surface area contributed by atoms with E-state index in [0.29, 0.717) is 22.2 Å². The van der Waals surface area contributed by atoms with E-state index in [1.165, 1.54) is 4.57 Å². The summed E-state index contributed by atoms with van der Waals surface area (Å²) in [7, 11) is 0. The number of aromatic nitrogens is 2. The molecule has 2 heterocycles. The van der Waals surface area contributed by atoms with E-state index < -0.39 is 18.0 Å². The van der Waals surface area contributed by atoms with E-state index in [0.717, 1.165) is 0 Å². The summed E-state index contributed by atoms with van der Waals surface area (Å²) < 4.78 is 1.31. The molecule has 0 aliphatic carbocycles. The van der Waals surface area contributed by atoms with Crippen LogP contribution in [0.3, 0.4) is 0 Å². The lowest BCUT2D eigenvalue weighted by molar-refractivity contribution is -0.141. The van der Waals surface area contributed by atoms with E-state index in [2.05, 4.69) is 4.98 Å². The van der Waals surface area contributed by atoms with Crippen LogP contribution in [0, 0.1) is 0 Å². The number of fused-ring (bicyclic) bond motifs is 4. The Morgan fingerprint density at radius 1 is 1.13 bits per heavy atom. The first kappa shape index (κ1) is 13.7. The van der Waals surface area contributed by atoms with Crippen LogP contribution >= 0.6 is 0 Å². The number of hydrogen-bond acceptors (Lipinski definition) is 4. The van der Waals surface area contributed by atoms with Gasteiger partial charge in [0.05, 0.1) is 23.0 Å². The van der Waals surface area contributed by atoms with Crippen molar-refractivity contribution < 1.29 is 15.0 Å². The molecule has 0 radical (unpaired) electrons. The van der Waals surface area contributed by atoms with E-state index >= 15 is 0 Å². The van der Waals surface area contributed by atoms with Gasteiger partial charge in [0.1, 0.15) is 0 Å². The number of aliphatic hydroxyl groups is 1. The summed E-state index contributed by atoms with van der Waals surface area (Å²) in [6.07, 6.45) is -0.561. The van der Waals surface area contributed by atoms with E-state index in [-0.39, 0.29) is 11.4 Å². The molecule has 2 N–H and O–H groups in total. The van der Waals surface area contributed by atoms with Gasteiger partial charge < -0.3 is 10.2 Å². The zero-order chi connectivity index (χ0) is 16.2. The lowest BCUT2D eigenvalue weighted by atomic mass is 9.91. The zero-order valence-electron chi connectivity index (χ0n) is 11.9. The fourth-order valence-electron chi connectivity index (χ4n) is 3.17. The molecule has 0 saturated heterocycles. The molecule has 114 valence electrons. The Balaban J connectivity index is 2.16. The first-order chi connectivity index (χ1) is 11.0. The van der Waals surface area contributed by atoms with Gasteiger partial charge in [-0.3, -0.25) is 14.2 Å². The molecule has 0 unspecified atom stereocenters. The number of hydrogen-bond donors (Lipinski definition) is 2. The molecule has 3 aromatic rings. The molecule has 0 spiro atoms. The lowest BCUT2D eigenvalue weighted by Gasteiger charge is -2.21. The molecule has 1 aliphatic heterocycles. The van der Waals surface area contributed by atoms with Gasteiger partial charge in [-0.2, -0.15) is 0 Å². The van der Waals surface area contributed by atoms with Gasteiger partial charge in [0, 0.05) is 5.56 Å². The summed E-state index contributed by atoms with van der Waals surface area (Å²) in [6, 6.07) is 13.5. The fourth-order valence-corrected chi connectivity index (χ4v) is 3.17. The lowest BCUT2D eigenvalue weighted by Crippen LogP contribution is -2.32. The molecule has 0 amide bonds. The fraction of sp³-hybridized carbons (Fsp3) is 0.118. The van der Waals surface area contributed by atoms with Gasteiger partial charge in [0.25, 0.3) is 5.56 Å². The summed E-state index contributed by atoms with van der Waals surface area (Å²) in [6.45, 7) is 0. The summed E-state index contributed by atoms with van der Waals surface area (Å²) in [5, 5.41) is 20.7. The van der Waals surface area contributed by atoms with Crippen LogP contribution in [0.4, 0.5) is 0 Å². The van der Waals surface area contributed by atoms with E-state index in [1.54, 1.807) is 48.5 Å². The quantitative estimate of drug-likeness (QED) is 0.746. The smallest absolute Gasteiger partial charge is 0.307 e. The van der Waals surface area contributed by atoms with Gasteiger partial charge in [0.2, 0.25) is 0 Å². The molecule has 1 atom stereocenters. The Hall–Kier alpha value is -2.99. The number of carbonyl (C=O) groups is 1. The molecule has 23 heavy (non-hydrogen) atoms. The SMILES string of the molecule is O=C(O)C[C@]1(O)c2ccccc2-n2c1nc1ccccc1c2=O. The largest absolute Gasteiger partial charge is 0.481 e. The standard InChI is InChI=1S/C17H12N2O4/c20-14(21)9-17(23)11-6-2-4-8-13(11)19-15(22)10-5-1-3-7-12(10)18-16(17)19/h1-8,23H,9H2,(H,20,21)/t17-/m0/s1. The van der Waals surface area contributed by atoms with Gasteiger partial charge in [-0.1, -0.05) is 30.3 Å². The van der Waals surface area contributed by atoms with Crippen molar-refractivity contribution in [2.24, 2.45) is 0 Å². The Bertz CT molecular complexity index is 1020. The molecular formula is C17H12N2O4. The van der Waals surface area contributed by atoms with E-state index in [9.17, 15) is 19.8 Å². The Morgan fingerprint density at radius 3 is 2.61 bits per heavy atom. The molecule has 1 aliphatic rings. The summed E-state index contributed by atoms with van der Waals surface area (Å²) in [4.78, 5) is 28.5. The summed E-state index contributed by atoms with van der Waals surface area (Å²) in [5.74, 6) is -1.12. The first-order valence-electron chi connectivity index (χ1n) is 7.09. The van der Waals surface area contributed by atoms with Crippen molar-refractivity contribution in [1.82, 2.24) is 9.55 Å². The van der Waals surface area contributed by atoms with Crippen molar-refractivity contribution in [3.63, 3.8) is 0 Å². The highest BCUT2D eigenvalue weighted by Gasteiger charge is 2.46. The topological polar surface area (TPSA) is 92.4 Å². The van der Waals surface area contributed by atoms with Crippen LogP contribution in [0.2, 0.25) is 0 Å². The maximum Gasteiger partial charge on any atom is 0.307 e. The highest BCUT2D eigenvalue weighted by Crippen LogP contribution is 2.41. The normalized spacial score (nSPS) is 18.7. The van der Waals surface area contributed by atoms with Crippen molar-refractivity contribution in [2.45, 2.75) is 12.0 Å². The number of benzene rings is 2. The van der Waals surface area contributed by atoms with Crippen LogP contribution in [-0.2, 0) is 10.4 Å². The third-order valence-corrected chi connectivity index (χ3v) is 4.14. The Labute approximate surface area is 130 Å². The van der Waals surface area contributed by atoms with Crippen LogP contribution in [0.1, 0.15) is 17.8 Å². The molecule has 1 aromatic heterocycles. The minimum atomic E-state index is -1.83. The predicted molar refractivity (Wildman–Crippen MR) is 82.6 cm³/mol. The van der Waals surface area contributed by atoms with E-state index in [1.807, 2.05) is 0 Å². The minimum Gasteiger partial charge on any atom is -0.481 e. The number of nitrogens with zero attached hydrogens (tertiary/aromatic N) is 2. The molecule has 6 heteroatoms. The second-order valence-electron chi connectivity index (χ2n) is 5.54. The van der Waals surface area contributed by atoms with Crippen molar-refractivity contribution >= 4 is 16.9 Å². The molecule has 6 nitrogen and oxygen atoms in total. The number of carboxylic acids is 1. The molecular weight excluding hydrogens is 296 g/mol. The Kier molecular flexibility index (Phi) is 2.67. The number of rotatable bonds is 2. The second kappa shape index (κ2) is 4.50. The molecule has 2 aromatic carbocycles. The molecule has 0 fully saturated rings. The minimum absolute atomic E-state index is 0.0461. The predicted octanol–water partition coefficient (Wildman–Crippen LogP) is 1.41. The Morgan fingerprint density at radius 2 is 1.83 bits per heavy atom. The summed E-state index contributed by atoms with van der Waals surface area (Å²) >= 11 is 0. The van der Waals surface area contributed by atoms with Crippen molar-refractivity contribution in [1.29, 1.82) is 0 Å². The van der Waals surface area contributed by atoms with Crippen LogP contribution in [-0.4, -0.2) is 25.7 Å². The first-order valence-corrected chi connectivity index (χ1v) is 7.09. The van der Waals surface area contributed by atoms with Gasteiger partial charge in [-0.05, 0) is 18.2 Å². The number of aliphatic carboxylic acids is 1. The molecule has 4 rings (SSSR count). The van der Waals surface area contributed by atoms with Crippen LogP contribution in [0.25, 0.3) is 16.6 Å². The van der Waals surface area contributed by atoms with Crippen molar-refractivity contribution in [3.05, 3.63) is 70.3 Å². The third kappa shape index (κ3) is 1.75. The van der Waals surface area contributed by atoms with Crippen LogP contribution in [0.5, 0.6) is 0 Å². The summed E-state index contributed by atoms with van der Waals surface area (Å²) in [5.41, 5.74) is -0.873. The van der Waals surface area contributed by atoms with Crippen LogP contribution < -0.4 is 5.56 Å². The average molecular weight is 308 g/mol. The van der Waals surface area contributed by atoms with Crippen LogP contribution in [0.15, 0.2) is 53.3 Å². The maximum atomic E-state index is 12.8. The highest BCUT2D eigenvalue weighted by atomic mass is 16.4. The van der Waals surface area contributed by atoms with E-state index in [4.69, 9.17) is 0 Å². The van der Waals surface area contributed by atoms with Gasteiger partial charge >= 0.3 is 5.97 Å². The second-order valence-corrected chi connectivity index (χ2v) is 5.54.